The third kappa shape index (κ3) is 4.12. The van der Waals surface area contributed by atoms with E-state index in [2.05, 4.69) is 5.32 Å². The molecule has 1 rings (SSSR count). The van der Waals surface area contributed by atoms with Gasteiger partial charge < -0.3 is 15.8 Å². The zero-order valence-electron chi connectivity index (χ0n) is 11.6. The normalized spacial score (nSPS) is 20.5. The first-order valence-electron chi connectivity index (χ1n) is 6.64. The topological polar surface area (TPSA) is 64.3 Å². The first-order valence-corrected chi connectivity index (χ1v) is 6.64. The summed E-state index contributed by atoms with van der Waals surface area (Å²) in [6.07, 6.45) is 1.82. The van der Waals surface area contributed by atoms with Crippen LogP contribution in [0.4, 0.5) is 9.18 Å². The van der Waals surface area contributed by atoms with Gasteiger partial charge in [-0.25, -0.2) is 9.18 Å². The number of alkyl carbamates (subject to hydrolysis) is 1. The third-order valence-electron chi connectivity index (χ3n) is 3.27. The first-order chi connectivity index (χ1) is 8.29. The summed E-state index contributed by atoms with van der Waals surface area (Å²) < 4.78 is 19.4. The number of hydrogen-bond acceptors (Lipinski definition) is 3. The van der Waals surface area contributed by atoms with Crippen molar-refractivity contribution < 1.29 is 13.9 Å². The quantitative estimate of drug-likeness (QED) is 0.816. The lowest BCUT2D eigenvalue weighted by atomic mass is 9.89. The fourth-order valence-electron chi connectivity index (χ4n) is 2.45. The van der Waals surface area contributed by atoms with Gasteiger partial charge in [-0.1, -0.05) is 12.8 Å². The number of carbonyl (C=O) groups is 1. The van der Waals surface area contributed by atoms with E-state index in [4.69, 9.17) is 10.5 Å². The second-order valence-electron chi connectivity index (χ2n) is 6.04. The van der Waals surface area contributed by atoms with Crippen LogP contribution in [-0.2, 0) is 4.74 Å². The lowest BCUT2D eigenvalue weighted by Crippen LogP contribution is -2.54. The molecule has 0 bridgehead atoms. The van der Waals surface area contributed by atoms with Crippen LogP contribution in [0.25, 0.3) is 0 Å². The Balaban J connectivity index is 2.65. The number of ether oxygens (including phenoxy) is 1. The van der Waals surface area contributed by atoms with Crippen molar-refractivity contribution in [3.8, 4) is 0 Å². The van der Waals surface area contributed by atoms with Crippen molar-refractivity contribution in [2.75, 3.05) is 6.54 Å². The van der Waals surface area contributed by atoms with Crippen molar-refractivity contribution in [1.29, 1.82) is 0 Å². The van der Waals surface area contributed by atoms with Crippen molar-refractivity contribution in [1.82, 2.24) is 5.32 Å². The molecule has 1 saturated carbocycles. The molecule has 106 valence electrons. The molecule has 0 saturated heterocycles. The first kappa shape index (κ1) is 15.2. The monoisotopic (exact) mass is 260 g/mol. The van der Waals surface area contributed by atoms with Gasteiger partial charge in [0.1, 0.15) is 11.8 Å². The molecule has 3 N–H and O–H groups in total. The summed E-state index contributed by atoms with van der Waals surface area (Å²) in [5.41, 5.74) is 4.06. The lowest BCUT2D eigenvalue weighted by Gasteiger charge is -2.34. The Kier molecular flexibility index (Phi) is 4.96. The van der Waals surface area contributed by atoms with Gasteiger partial charge in [-0.3, -0.25) is 0 Å². The Hall–Kier alpha value is -0.840. The Morgan fingerprint density at radius 1 is 1.44 bits per heavy atom. The predicted octanol–water partition coefficient (Wildman–Crippen LogP) is 2.51. The highest BCUT2D eigenvalue weighted by molar-refractivity contribution is 5.69. The molecule has 1 aliphatic carbocycles. The second kappa shape index (κ2) is 5.87. The lowest BCUT2D eigenvalue weighted by molar-refractivity contribution is 0.0369. The standard InChI is InChI=1S/C13H25FN2O2/c1-12(2,3)18-11(17)16-13(7-4-5-8-13)10(14)6-9-15/h10H,4-9,15H2,1-3H3,(H,16,17). The number of amides is 1. The minimum Gasteiger partial charge on any atom is -0.444 e. The minimum atomic E-state index is -1.10. The van der Waals surface area contributed by atoms with Crippen LogP contribution >= 0.6 is 0 Å². The van der Waals surface area contributed by atoms with Crippen LogP contribution in [0.5, 0.6) is 0 Å². The predicted molar refractivity (Wildman–Crippen MR) is 69.1 cm³/mol. The van der Waals surface area contributed by atoms with Crippen molar-refractivity contribution in [2.45, 2.75) is 70.2 Å². The number of halogens is 1. The number of nitrogens with two attached hydrogens (primary N) is 1. The Bertz CT molecular complexity index is 283. The van der Waals surface area contributed by atoms with Crippen LogP contribution in [0, 0.1) is 0 Å². The Morgan fingerprint density at radius 2 is 2.00 bits per heavy atom. The van der Waals surface area contributed by atoms with Crippen molar-refractivity contribution in [3.63, 3.8) is 0 Å². The van der Waals surface area contributed by atoms with Crippen molar-refractivity contribution >= 4 is 6.09 Å². The molecule has 0 spiro atoms. The van der Waals surface area contributed by atoms with Crippen LogP contribution in [0.2, 0.25) is 0 Å². The van der Waals surface area contributed by atoms with E-state index in [0.717, 1.165) is 12.8 Å². The molecule has 18 heavy (non-hydrogen) atoms. The molecule has 1 atom stereocenters. The number of hydrogen-bond donors (Lipinski definition) is 2. The molecule has 0 heterocycles. The van der Waals surface area contributed by atoms with Gasteiger partial charge in [0, 0.05) is 0 Å². The summed E-state index contributed by atoms with van der Waals surface area (Å²) in [5.74, 6) is 0. The Labute approximate surface area is 108 Å². The number of nitrogens with one attached hydrogen (secondary N) is 1. The van der Waals surface area contributed by atoms with Gasteiger partial charge >= 0.3 is 6.09 Å². The molecular weight excluding hydrogens is 235 g/mol. The van der Waals surface area contributed by atoms with Crippen LogP contribution in [0.15, 0.2) is 0 Å². The molecule has 1 unspecified atom stereocenters. The van der Waals surface area contributed by atoms with Crippen molar-refractivity contribution in [2.24, 2.45) is 5.73 Å². The van der Waals surface area contributed by atoms with E-state index >= 15 is 0 Å². The van der Waals surface area contributed by atoms with Gasteiger partial charge in [-0.2, -0.15) is 0 Å². The maximum Gasteiger partial charge on any atom is 0.408 e. The van der Waals surface area contributed by atoms with E-state index in [1.807, 2.05) is 0 Å². The second-order valence-corrected chi connectivity index (χ2v) is 6.04. The fraction of sp³-hybridized carbons (Fsp3) is 0.923. The molecule has 1 amide bonds. The maximum atomic E-state index is 14.2. The molecule has 1 fully saturated rings. The smallest absolute Gasteiger partial charge is 0.408 e. The molecule has 0 radical (unpaired) electrons. The van der Waals surface area contributed by atoms with E-state index in [-0.39, 0.29) is 6.42 Å². The van der Waals surface area contributed by atoms with Gasteiger partial charge in [0.15, 0.2) is 0 Å². The summed E-state index contributed by atoms with van der Waals surface area (Å²) in [7, 11) is 0. The van der Waals surface area contributed by atoms with E-state index < -0.39 is 23.4 Å². The SMILES string of the molecule is CC(C)(C)OC(=O)NC1(C(F)CCN)CCCC1. The van der Waals surface area contributed by atoms with Gasteiger partial charge in [-0.05, 0) is 46.6 Å². The summed E-state index contributed by atoms with van der Waals surface area (Å²) in [5, 5.41) is 2.74. The number of alkyl halides is 1. The molecule has 0 aromatic heterocycles. The molecule has 5 heteroatoms. The summed E-state index contributed by atoms with van der Waals surface area (Å²) in [6, 6.07) is 0. The largest absolute Gasteiger partial charge is 0.444 e. The van der Waals surface area contributed by atoms with Gasteiger partial charge in [-0.15, -0.1) is 0 Å². The van der Waals surface area contributed by atoms with Crippen molar-refractivity contribution in [3.05, 3.63) is 0 Å². The zero-order valence-corrected chi connectivity index (χ0v) is 11.6. The maximum absolute atomic E-state index is 14.2. The molecule has 0 aliphatic heterocycles. The average molecular weight is 260 g/mol. The molecule has 0 aromatic rings. The van der Waals surface area contributed by atoms with E-state index in [1.165, 1.54) is 0 Å². The Morgan fingerprint density at radius 3 is 2.44 bits per heavy atom. The fourth-order valence-corrected chi connectivity index (χ4v) is 2.45. The number of carbonyl (C=O) groups excluding carboxylic acids is 1. The van der Waals surface area contributed by atoms with Gasteiger partial charge in [0.2, 0.25) is 0 Å². The third-order valence-corrected chi connectivity index (χ3v) is 3.27. The van der Waals surface area contributed by atoms with E-state index in [1.54, 1.807) is 20.8 Å². The van der Waals surface area contributed by atoms with E-state index in [9.17, 15) is 9.18 Å². The number of rotatable bonds is 4. The van der Waals surface area contributed by atoms with Crippen LogP contribution in [0.3, 0.4) is 0 Å². The highest BCUT2D eigenvalue weighted by Gasteiger charge is 2.43. The minimum absolute atomic E-state index is 0.274. The van der Waals surface area contributed by atoms with Crippen LogP contribution in [-0.4, -0.2) is 29.9 Å². The van der Waals surface area contributed by atoms with Gasteiger partial charge in [0.25, 0.3) is 0 Å². The summed E-state index contributed by atoms with van der Waals surface area (Å²) in [4.78, 5) is 11.8. The molecule has 4 nitrogen and oxygen atoms in total. The zero-order chi connectivity index (χ0) is 13.8. The molecule has 0 aromatic carbocycles. The van der Waals surface area contributed by atoms with E-state index in [0.29, 0.717) is 19.4 Å². The van der Waals surface area contributed by atoms with Gasteiger partial charge in [0.05, 0.1) is 5.54 Å². The summed E-state index contributed by atoms with van der Waals surface area (Å²) >= 11 is 0. The highest BCUT2D eigenvalue weighted by atomic mass is 19.1. The highest BCUT2D eigenvalue weighted by Crippen LogP contribution is 2.35. The molecule has 1 aliphatic rings. The van der Waals surface area contributed by atoms with Crippen LogP contribution in [0.1, 0.15) is 52.9 Å². The van der Waals surface area contributed by atoms with Crippen LogP contribution < -0.4 is 11.1 Å². The molecular formula is C13H25FN2O2. The average Bonchev–Trinajstić information content (AvgIpc) is 2.64. The summed E-state index contributed by atoms with van der Waals surface area (Å²) in [6.45, 7) is 5.67.